The molecule has 0 aliphatic rings. The minimum atomic E-state index is -0.735. The van der Waals surface area contributed by atoms with E-state index in [0.717, 1.165) is 5.56 Å². The largest absolute Gasteiger partial charge is 0.483 e. The molecule has 0 saturated heterocycles. The SMILES string of the molecule is Fc1cc(CCl)cc(F)c1OCc1ccccc1. The smallest absolute Gasteiger partial charge is 0.191 e. The van der Waals surface area contributed by atoms with Crippen LogP contribution in [-0.2, 0) is 12.5 Å². The Morgan fingerprint density at radius 3 is 2.11 bits per heavy atom. The molecule has 0 bridgehead atoms. The van der Waals surface area contributed by atoms with Crippen LogP contribution < -0.4 is 4.74 Å². The Hall–Kier alpha value is -1.61. The van der Waals surface area contributed by atoms with Gasteiger partial charge in [0.05, 0.1) is 0 Å². The molecule has 0 fully saturated rings. The van der Waals surface area contributed by atoms with Gasteiger partial charge in [0, 0.05) is 5.88 Å². The topological polar surface area (TPSA) is 9.23 Å². The number of hydrogen-bond donors (Lipinski definition) is 0. The Morgan fingerprint density at radius 2 is 1.56 bits per heavy atom. The Bertz CT molecular complexity index is 506. The van der Waals surface area contributed by atoms with Crippen LogP contribution >= 0.6 is 11.6 Å². The average molecular weight is 269 g/mol. The van der Waals surface area contributed by atoms with Gasteiger partial charge in [-0.1, -0.05) is 30.3 Å². The van der Waals surface area contributed by atoms with Crippen molar-refractivity contribution in [1.82, 2.24) is 0 Å². The van der Waals surface area contributed by atoms with Crippen molar-refractivity contribution in [3.8, 4) is 5.75 Å². The lowest BCUT2D eigenvalue weighted by Crippen LogP contribution is -2.00. The third-order valence-electron chi connectivity index (χ3n) is 2.44. The summed E-state index contributed by atoms with van der Waals surface area (Å²) in [6.07, 6.45) is 0. The van der Waals surface area contributed by atoms with Crippen LogP contribution in [-0.4, -0.2) is 0 Å². The zero-order chi connectivity index (χ0) is 13.0. The Labute approximate surface area is 109 Å². The van der Waals surface area contributed by atoms with Crippen LogP contribution in [0.1, 0.15) is 11.1 Å². The van der Waals surface area contributed by atoms with Gasteiger partial charge < -0.3 is 4.74 Å². The van der Waals surface area contributed by atoms with Gasteiger partial charge in [-0.15, -0.1) is 11.6 Å². The summed E-state index contributed by atoms with van der Waals surface area (Å²) in [5.74, 6) is -1.77. The number of alkyl halides is 1. The van der Waals surface area contributed by atoms with E-state index in [1.165, 1.54) is 12.1 Å². The first kappa shape index (κ1) is 12.8. The predicted octanol–water partition coefficient (Wildman–Crippen LogP) is 4.28. The van der Waals surface area contributed by atoms with Gasteiger partial charge in [0.25, 0.3) is 0 Å². The molecular weight excluding hydrogens is 258 g/mol. The maximum atomic E-state index is 13.6. The van der Waals surface area contributed by atoms with Crippen molar-refractivity contribution in [2.75, 3.05) is 0 Å². The third kappa shape index (κ3) is 2.99. The highest BCUT2D eigenvalue weighted by atomic mass is 35.5. The van der Waals surface area contributed by atoms with Gasteiger partial charge in [-0.2, -0.15) is 0 Å². The number of hydrogen-bond acceptors (Lipinski definition) is 1. The molecule has 0 heterocycles. The summed E-state index contributed by atoms with van der Waals surface area (Å²) in [5.41, 5.74) is 1.23. The predicted molar refractivity (Wildman–Crippen MR) is 66.7 cm³/mol. The molecule has 18 heavy (non-hydrogen) atoms. The molecule has 1 nitrogen and oxygen atoms in total. The number of benzene rings is 2. The zero-order valence-electron chi connectivity index (χ0n) is 9.50. The van der Waals surface area contributed by atoms with E-state index in [4.69, 9.17) is 16.3 Å². The van der Waals surface area contributed by atoms with Crippen molar-refractivity contribution in [2.24, 2.45) is 0 Å². The molecule has 0 atom stereocenters. The Kier molecular flexibility index (Phi) is 4.15. The first-order valence-electron chi connectivity index (χ1n) is 5.41. The zero-order valence-corrected chi connectivity index (χ0v) is 10.3. The second-order valence-electron chi connectivity index (χ2n) is 3.80. The Morgan fingerprint density at radius 1 is 0.944 bits per heavy atom. The van der Waals surface area contributed by atoms with Crippen molar-refractivity contribution >= 4 is 11.6 Å². The fourth-order valence-electron chi connectivity index (χ4n) is 1.56. The normalized spacial score (nSPS) is 10.4. The second-order valence-corrected chi connectivity index (χ2v) is 4.06. The molecule has 0 aliphatic carbocycles. The molecule has 0 radical (unpaired) electrons. The van der Waals surface area contributed by atoms with Crippen LogP contribution in [0.2, 0.25) is 0 Å². The summed E-state index contributed by atoms with van der Waals surface area (Å²) in [6.45, 7) is 0.120. The van der Waals surface area contributed by atoms with Gasteiger partial charge in [0.15, 0.2) is 17.4 Å². The molecule has 94 valence electrons. The fraction of sp³-hybridized carbons (Fsp3) is 0.143. The van der Waals surface area contributed by atoms with Crippen molar-refractivity contribution in [3.63, 3.8) is 0 Å². The molecule has 2 rings (SSSR count). The lowest BCUT2D eigenvalue weighted by atomic mass is 10.2. The van der Waals surface area contributed by atoms with Crippen molar-refractivity contribution in [1.29, 1.82) is 0 Å². The summed E-state index contributed by atoms with van der Waals surface area (Å²) in [4.78, 5) is 0. The van der Waals surface area contributed by atoms with E-state index in [1.54, 1.807) is 0 Å². The van der Waals surface area contributed by atoms with E-state index in [-0.39, 0.29) is 18.2 Å². The number of halogens is 3. The van der Waals surface area contributed by atoms with Gasteiger partial charge in [-0.05, 0) is 23.3 Å². The van der Waals surface area contributed by atoms with E-state index < -0.39 is 11.6 Å². The van der Waals surface area contributed by atoms with Crippen molar-refractivity contribution < 1.29 is 13.5 Å². The summed E-state index contributed by atoms with van der Waals surface area (Å²) < 4.78 is 32.3. The van der Waals surface area contributed by atoms with Gasteiger partial charge in [-0.25, -0.2) is 8.78 Å². The van der Waals surface area contributed by atoms with Crippen molar-refractivity contribution in [3.05, 3.63) is 65.2 Å². The van der Waals surface area contributed by atoms with Crippen LogP contribution in [0.5, 0.6) is 5.75 Å². The van der Waals surface area contributed by atoms with E-state index in [1.807, 2.05) is 30.3 Å². The van der Waals surface area contributed by atoms with Gasteiger partial charge in [0.2, 0.25) is 0 Å². The molecule has 2 aromatic rings. The van der Waals surface area contributed by atoms with E-state index in [0.29, 0.717) is 5.56 Å². The summed E-state index contributed by atoms with van der Waals surface area (Å²) in [5, 5.41) is 0. The molecule has 4 heteroatoms. The number of rotatable bonds is 4. The summed E-state index contributed by atoms with van der Waals surface area (Å²) >= 11 is 5.52. The maximum Gasteiger partial charge on any atom is 0.191 e. The molecule has 0 amide bonds. The van der Waals surface area contributed by atoms with Crippen molar-refractivity contribution in [2.45, 2.75) is 12.5 Å². The summed E-state index contributed by atoms with van der Waals surface area (Å²) in [6, 6.07) is 11.5. The molecule has 0 aliphatic heterocycles. The molecular formula is C14H11ClF2O. The standard InChI is InChI=1S/C14H11ClF2O/c15-8-11-6-12(16)14(13(17)7-11)18-9-10-4-2-1-3-5-10/h1-7H,8-9H2. The molecule has 0 N–H and O–H groups in total. The quantitative estimate of drug-likeness (QED) is 0.752. The summed E-state index contributed by atoms with van der Waals surface area (Å²) in [7, 11) is 0. The second kappa shape index (κ2) is 5.83. The van der Waals surface area contributed by atoms with Crippen LogP contribution in [0.15, 0.2) is 42.5 Å². The van der Waals surface area contributed by atoms with E-state index in [2.05, 4.69) is 0 Å². The highest BCUT2D eigenvalue weighted by Crippen LogP contribution is 2.25. The lowest BCUT2D eigenvalue weighted by Gasteiger charge is -2.09. The maximum absolute atomic E-state index is 13.6. The Balaban J connectivity index is 2.15. The van der Waals surface area contributed by atoms with E-state index in [9.17, 15) is 8.78 Å². The van der Waals surface area contributed by atoms with Gasteiger partial charge in [-0.3, -0.25) is 0 Å². The van der Waals surface area contributed by atoms with Gasteiger partial charge >= 0.3 is 0 Å². The van der Waals surface area contributed by atoms with E-state index >= 15 is 0 Å². The first-order chi connectivity index (χ1) is 8.70. The lowest BCUT2D eigenvalue weighted by molar-refractivity contribution is 0.274. The fourth-order valence-corrected chi connectivity index (χ4v) is 1.71. The first-order valence-corrected chi connectivity index (χ1v) is 5.95. The minimum absolute atomic E-state index is 0.0623. The van der Waals surface area contributed by atoms with Crippen LogP contribution in [0.25, 0.3) is 0 Å². The highest BCUT2D eigenvalue weighted by molar-refractivity contribution is 6.17. The van der Waals surface area contributed by atoms with Gasteiger partial charge in [0.1, 0.15) is 6.61 Å². The minimum Gasteiger partial charge on any atom is -0.483 e. The molecule has 0 unspecified atom stereocenters. The third-order valence-corrected chi connectivity index (χ3v) is 2.75. The number of ether oxygens (including phenoxy) is 1. The molecule has 0 saturated carbocycles. The molecule has 0 aromatic heterocycles. The van der Waals surface area contributed by atoms with Crippen LogP contribution in [0.4, 0.5) is 8.78 Å². The van der Waals surface area contributed by atoms with Crippen LogP contribution in [0.3, 0.4) is 0 Å². The molecule has 0 spiro atoms. The average Bonchev–Trinajstić information content (AvgIpc) is 2.38. The van der Waals surface area contributed by atoms with Crippen LogP contribution in [0, 0.1) is 11.6 Å². The highest BCUT2D eigenvalue weighted by Gasteiger charge is 2.12. The monoisotopic (exact) mass is 268 g/mol. The molecule has 2 aromatic carbocycles.